The maximum atomic E-state index is 12.5. The van der Waals surface area contributed by atoms with Gasteiger partial charge in [0.1, 0.15) is 17.2 Å². The van der Waals surface area contributed by atoms with Crippen LogP contribution in [0.5, 0.6) is 28.7 Å². The van der Waals surface area contributed by atoms with E-state index in [1.165, 1.54) is 0 Å². The highest BCUT2D eigenvalue weighted by Crippen LogP contribution is 2.38. The Hall–Kier alpha value is -3.38. The first kappa shape index (κ1) is 19.0. The Morgan fingerprint density at radius 2 is 1.62 bits per heavy atom. The maximum Gasteiger partial charge on any atom is 0.265 e. The van der Waals surface area contributed by atoms with Crippen molar-refractivity contribution in [1.82, 2.24) is 0 Å². The van der Waals surface area contributed by atoms with Crippen molar-refractivity contribution in [1.29, 1.82) is 0 Å². The molecule has 6 nitrogen and oxygen atoms in total. The number of fused-ring (bicyclic) bond motifs is 1. The minimum Gasteiger partial charge on any atom is -0.481 e. The fraction of sp³-hybridized carbons (Fsp3) is 0.136. The molecule has 0 aromatic heterocycles. The number of hydrogen-bond donors (Lipinski definition) is 1. The van der Waals surface area contributed by atoms with Gasteiger partial charge in [-0.1, -0.05) is 17.7 Å². The lowest BCUT2D eigenvalue weighted by Crippen LogP contribution is -2.30. The van der Waals surface area contributed by atoms with E-state index in [4.69, 9.17) is 30.5 Å². The molecule has 1 heterocycles. The van der Waals surface area contributed by atoms with E-state index in [0.717, 1.165) is 0 Å². The second-order valence-electron chi connectivity index (χ2n) is 6.32. The average Bonchev–Trinajstić information content (AvgIpc) is 3.21. The van der Waals surface area contributed by atoms with Crippen LogP contribution in [0.25, 0.3) is 0 Å². The van der Waals surface area contributed by atoms with E-state index in [1.807, 2.05) is 0 Å². The summed E-state index contributed by atoms with van der Waals surface area (Å²) in [6, 6.07) is 19.4. The smallest absolute Gasteiger partial charge is 0.265 e. The van der Waals surface area contributed by atoms with Crippen LogP contribution >= 0.6 is 11.6 Å². The van der Waals surface area contributed by atoms with Crippen LogP contribution in [0, 0.1) is 0 Å². The molecule has 29 heavy (non-hydrogen) atoms. The van der Waals surface area contributed by atoms with Crippen molar-refractivity contribution in [3.63, 3.8) is 0 Å². The topological polar surface area (TPSA) is 66.0 Å². The summed E-state index contributed by atoms with van der Waals surface area (Å²) in [4.78, 5) is 12.5. The van der Waals surface area contributed by atoms with Crippen molar-refractivity contribution in [3.8, 4) is 28.7 Å². The van der Waals surface area contributed by atoms with E-state index in [0.29, 0.717) is 39.5 Å². The van der Waals surface area contributed by atoms with Crippen LogP contribution in [0.1, 0.15) is 6.92 Å². The van der Waals surface area contributed by atoms with Gasteiger partial charge < -0.3 is 24.3 Å². The summed E-state index contributed by atoms with van der Waals surface area (Å²) in [5.74, 6) is 2.71. The Balaban J connectivity index is 1.35. The number of carbonyl (C=O) groups excluding carboxylic acids is 1. The molecule has 1 unspecified atom stereocenters. The predicted molar refractivity (Wildman–Crippen MR) is 109 cm³/mol. The average molecular weight is 412 g/mol. The number of hydrogen-bond acceptors (Lipinski definition) is 5. The SMILES string of the molecule is CC(Oc1ccc(Oc2ccc(Cl)cc2)cc1)C(=O)Nc1cccc2c1OCO2. The van der Waals surface area contributed by atoms with E-state index in [-0.39, 0.29) is 12.7 Å². The third-order valence-electron chi connectivity index (χ3n) is 4.21. The van der Waals surface area contributed by atoms with Crippen molar-refractivity contribution in [2.24, 2.45) is 0 Å². The van der Waals surface area contributed by atoms with Gasteiger partial charge in [0.05, 0.1) is 5.69 Å². The van der Waals surface area contributed by atoms with Gasteiger partial charge in [-0.2, -0.15) is 0 Å². The van der Waals surface area contributed by atoms with Gasteiger partial charge in [-0.05, 0) is 67.6 Å². The summed E-state index contributed by atoms with van der Waals surface area (Å²) in [7, 11) is 0. The third kappa shape index (κ3) is 4.55. The Kier molecular flexibility index (Phi) is 5.44. The molecular formula is C22H18ClNO5. The first-order valence-corrected chi connectivity index (χ1v) is 9.36. The molecule has 4 rings (SSSR count). The van der Waals surface area contributed by atoms with Crippen LogP contribution in [-0.2, 0) is 4.79 Å². The van der Waals surface area contributed by atoms with Crippen molar-refractivity contribution in [3.05, 3.63) is 71.8 Å². The molecule has 0 aliphatic carbocycles. The fourth-order valence-corrected chi connectivity index (χ4v) is 2.87. The third-order valence-corrected chi connectivity index (χ3v) is 4.46. The van der Waals surface area contributed by atoms with Gasteiger partial charge >= 0.3 is 0 Å². The number of amides is 1. The van der Waals surface area contributed by atoms with Gasteiger partial charge in [0.25, 0.3) is 5.91 Å². The maximum absolute atomic E-state index is 12.5. The predicted octanol–water partition coefficient (Wildman–Crippen LogP) is 5.27. The van der Waals surface area contributed by atoms with Crippen molar-refractivity contribution >= 4 is 23.2 Å². The molecule has 148 valence electrons. The highest BCUT2D eigenvalue weighted by atomic mass is 35.5. The molecule has 1 amide bonds. The van der Waals surface area contributed by atoms with Gasteiger partial charge in [0, 0.05) is 5.02 Å². The number of halogens is 1. The highest BCUT2D eigenvalue weighted by Gasteiger charge is 2.21. The summed E-state index contributed by atoms with van der Waals surface area (Å²) in [6.07, 6.45) is -0.712. The lowest BCUT2D eigenvalue weighted by Gasteiger charge is -2.16. The van der Waals surface area contributed by atoms with Crippen molar-refractivity contribution in [2.45, 2.75) is 13.0 Å². The van der Waals surface area contributed by atoms with E-state index < -0.39 is 6.10 Å². The molecule has 3 aromatic carbocycles. The van der Waals surface area contributed by atoms with Crippen molar-refractivity contribution in [2.75, 3.05) is 12.1 Å². The summed E-state index contributed by atoms with van der Waals surface area (Å²) in [5.41, 5.74) is 0.548. The summed E-state index contributed by atoms with van der Waals surface area (Å²) in [5, 5.41) is 3.45. The molecule has 0 fully saturated rings. The molecule has 7 heteroatoms. The molecule has 1 atom stereocenters. The quantitative estimate of drug-likeness (QED) is 0.598. The lowest BCUT2D eigenvalue weighted by molar-refractivity contribution is -0.122. The number of rotatable bonds is 6. The Morgan fingerprint density at radius 3 is 2.34 bits per heavy atom. The van der Waals surface area contributed by atoms with E-state index >= 15 is 0 Å². The molecular weight excluding hydrogens is 394 g/mol. The lowest BCUT2D eigenvalue weighted by atomic mass is 10.2. The van der Waals surface area contributed by atoms with E-state index in [2.05, 4.69) is 5.32 Å². The standard InChI is InChI=1S/C22H18ClNO5/c1-14(22(25)24-19-3-2-4-20-21(19)27-13-26-20)28-16-9-11-18(12-10-16)29-17-7-5-15(23)6-8-17/h2-12,14H,13H2,1H3,(H,24,25). The van der Waals surface area contributed by atoms with Crippen LogP contribution in [0.15, 0.2) is 66.7 Å². The van der Waals surface area contributed by atoms with Crippen molar-refractivity contribution < 1.29 is 23.7 Å². The first-order valence-electron chi connectivity index (χ1n) is 8.98. The number of nitrogens with one attached hydrogen (secondary N) is 1. The zero-order valence-corrected chi connectivity index (χ0v) is 16.3. The molecule has 0 saturated heterocycles. The zero-order chi connectivity index (χ0) is 20.2. The van der Waals surface area contributed by atoms with Gasteiger partial charge in [-0.15, -0.1) is 0 Å². The highest BCUT2D eigenvalue weighted by molar-refractivity contribution is 6.30. The molecule has 1 aliphatic heterocycles. The van der Waals surface area contributed by atoms with Crippen LogP contribution < -0.4 is 24.3 Å². The summed E-state index contributed by atoms with van der Waals surface area (Å²) < 4.78 is 22.2. The molecule has 1 aliphatic rings. The Bertz CT molecular complexity index is 1000. The van der Waals surface area contributed by atoms with Crippen LogP contribution in [-0.4, -0.2) is 18.8 Å². The second-order valence-corrected chi connectivity index (χ2v) is 6.75. The number of carbonyl (C=O) groups is 1. The van der Waals surface area contributed by atoms with Gasteiger partial charge in [-0.3, -0.25) is 4.79 Å². The van der Waals surface area contributed by atoms with Crippen LogP contribution in [0.2, 0.25) is 5.02 Å². The summed E-state index contributed by atoms with van der Waals surface area (Å²) >= 11 is 5.87. The number of benzene rings is 3. The zero-order valence-electron chi connectivity index (χ0n) is 15.6. The summed E-state index contributed by atoms with van der Waals surface area (Å²) in [6.45, 7) is 1.81. The molecule has 0 radical (unpaired) electrons. The largest absolute Gasteiger partial charge is 0.481 e. The fourth-order valence-electron chi connectivity index (χ4n) is 2.75. The van der Waals surface area contributed by atoms with Gasteiger partial charge in [0.2, 0.25) is 6.79 Å². The van der Waals surface area contributed by atoms with Crippen LogP contribution in [0.4, 0.5) is 5.69 Å². The van der Waals surface area contributed by atoms with Crippen LogP contribution in [0.3, 0.4) is 0 Å². The monoisotopic (exact) mass is 411 g/mol. The second kappa shape index (κ2) is 8.32. The Labute approximate surface area is 172 Å². The first-order chi connectivity index (χ1) is 14.1. The van der Waals surface area contributed by atoms with E-state index in [9.17, 15) is 4.79 Å². The van der Waals surface area contributed by atoms with Gasteiger partial charge in [-0.25, -0.2) is 0 Å². The Morgan fingerprint density at radius 1 is 0.966 bits per heavy atom. The molecule has 0 bridgehead atoms. The normalized spacial score (nSPS) is 12.9. The molecule has 3 aromatic rings. The molecule has 0 saturated carbocycles. The molecule has 0 spiro atoms. The minimum atomic E-state index is -0.712. The number of ether oxygens (including phenoxy) is 4. The minimum absolute atomic E-state index is 0.138. The number of anilines is 1. The van der Waals surface area contributed by atoms with Gasteiger partial charge in [0.15, 0.2) is 17.6 Å². The molecule has 1 N–H and O–H groups in total. The van der Waals surface area contributed by atoms with E-state index in [1.54, 1.807) is 73.7 Å². The number of para-hydroxylation sites is 1.